The molecule has 0 fully saturated rings. The van der Waals surface area contributed by atoms with E-state index in [0.29, 0.717) is 17.6 Å². The van der Waals surface area contributed by atoms with Gasteiger partial charge in [0.2, 0.25) is 0 Å². The molecule has 0 aliphatic heterocycles. The Morgan fingerprint density at radius 1 is 1.12 bits per heavy atom. The quantitative estimate of drug-likeness (QED) is 0.440. The van der Waals surface area contributed by atoms with Gasteiger partial charge < -0.3 is 4.74 Å². The molecule has 7 heteroatoms. The molecule has 5 nitrogen and oxygen atoms in total. The third-order valence-electron chi connectivity index (χ3n) is 3.39. The SMILES string of the molecule is CCOC(=O)CSc1nnc(-c2ccccc2Br)n1-c1ccccc1. The minimum atomic E-state index is -0.266. The minimum Gasteiger partial charge on any atom is -0.465 e. The summed E-state index contributed by atoms with van der Waals surface area (Å²) < 4.78 is 7.88. The molecule has 0 aliphatic carbocycles. The largest absolute Gasteiger partial charge is 0.465 e. The van der Waals surface area contributed by atoms with E-state index in [1.54, 1.807) is 6.92 Å². The summed E-state index contributed by atoms with van der Waals surface area (Å²) in [7, 11) is 0. The zero-order chi connectivity index (χ0) is 17.6. The number of benzene rings is 2. The number of nitrogens with zero attached hydrogens (tertiary/aromatic N) is 3. The second-order valence-corrected chi connectivity index (χ2v) is 6.85. The lowest BCUT2D eigenvalue weighted by molar-refractivity contribution is -0.139. The normalized spacial score (nSPS) is 10.6. The van der Waals surface area contributed by atoms with Gasteiger partial charge in [-0.1, -0.05) is 64.1 Å². The molecule has 0 atom stereocenters. The highest BCUT2D eigenvalue weighted by Gasteiger charge is 2.18. The van der Waals surface area contributed by atoms with E-state index < -0.39 is 0 Å². The van der Waals surface area contributed by atoms with Crippen molar-refractivity contribution in [1.29, 1.82) is 0 Å². The predicted molar refractivity (Wildman–Crippen MR) is 102 cm³/mol. The Morgan fingerprint density at radius 2 is 1.84 bits per heavy atom. The third-order valence-corrected chi connectivity index (χ3v) is 4.98. The van der Waals surface area contributed by atoms with Crippen LogP contribution in [0.25, 0.3) is 17.1 Å². The molecule has 3 rings (SSSR count). The Hall–Kier alpha value is -2.12. The van der Waals surface area contributed by atoms with Crippen molar-refractivity contribution >= 4 is 33.7 Å². The van der Waals surface area contributed by atoms with Gasteiger partial charge in [-0.05, 0) is 25.1 Å². The van der Waals surface area contributed by atoms with Crippen LogP contribution in [-0.2, 0) is 9.53 Å². The summed E-state index contributed by atoms with van der Waals surface area (Å²) in [5.74, 6) is 0.636. The Labute approximate surface area is 158 Å². The number of ether oxygens (including phenoxy) is 1. The van der Waals surface area contributed by atoms with Crippen molar-refractivity contribution in [3.05, 3.63) is 59.1 Å². The maximum atomic E-state index is 11.7. The number of carbonyl (C=O) groups is 1. The number of para-hydroxylation sites is 1. The van der Waals surface area contributed by atoms with Gasteiger partial charge >= 0.3 is 5.97 Å². The monoisotopic (exact) mass is 417 g/mol. The van der Waals surface area contributed by atoms with Crippen LogP contribution in [0.1, 0.15) is 6.92 Å². The second kappa shape index (κ2) is 8.31. The highest BCUT2D eigenvalue weighted by Crippen LogP contribution is 2.31. The van der Waals surface area contributed by atoms with Crippen molar-refractivity contribution in [3.63, 3.8) is 0 Å². The van der Waals surface area contributed by atoms with Gasteiger partial charge in [0.1, 0.15) is 0 Å². The summed E-state index contributed by atoms with van der Waals surface area (Å²) in [6.45, 7) is 2.16. The van der Waals surface area contributed by atoms with Crippen molar-refractivity contribution in [2.45, 2.75) is 12.1 Å². The Morgan fingerprint density at radius 3 is 2.56 bits per heavy atom. The van der Waals surface area contributed by atoms with Gasteiger partial charge in [-0.3, -0.25) is 9.36 Å². The molecule has 2 aromatic carbocycles. The first-order valence-corrected chi connectivity index (χ1v) is 9.52. The van der Waals surface area contributed by atoms with Gasteiger partial charge in [0.05, 0.1) is 12.4 Å². The summed E-state index contributed by atoms with van der Waals surface area (Å²) in [6.07, 6.45) is 0. The topological polar surface area (TPSA) is 57.0 Å². The fraction of sp³-hybridized carbons (Fsp3) is 0.167. The Kier molecular flexibility index (Phi) is 5.88. The number of esters is 1. The molecule has 0 saturated carbocycles. The van der Waals surface area contributed by atoms with Gasteiger partial charge in [-0.15, -0.1) is 10.2 Å². The lowest BCUT2D eigenvalue weighted by Gasteiger charge is -2.11. The van der Waals surface area contributed by atoms with Crippen molar-refractivity contribution in [3.8, 4) is 17.1 Å². The highest BCUT2D eigenvalue weighted by atomic mass is 79.9. The molecule has 128 valence electrons. The first kappa shape index (κ1) is 17.7. The van der Waals surface area contributed by atoms with E-state index in [1.165, 1.54) is 11.8 Å². The predicted octanol–water partition coefficient (Wildman–Crippen LogP) is 4.35. The number of rotatable bonds is 6. The summed E-state index contributed by atoms with van der Waals surface area (Å²) in [5.41, 5.74) is 1.87. The van der Waals surface area contributed by atoms with E-state index in [2.05, 4.69) is 26.1 Å². The molecule has 0 aliphatic rings. The van der Waals surface area contributed by atoms with E-state index in [0.717, 1.165) is 15.7 Å². The molecule has 0 amide bonds. The van der Waals surface area contributed by atoms with E-state index in [9.17, 15) is 4.79 Å². The van der Waals surface area contributed by atoms with Gasteiger partial charge in [0.25, 0.3) is 0 Å². The van der Waals surface area contributed by atoms with Crippen LogP contribution in [0.5, 0.6) is 0 Å². The number of carbonyl (C=O) groups excluding carboxylic acids is 1. The van der Waals surface area contributed by atoms with Crippen LogP contribution in [-0.4, -0.2) is 33.1 Å². The van der Waals surface area contributed by atoms with E-state index in [4.69, 9.17) is 4.74 Å². The van der Waals surface area contributed by atoms with Gasteiger partial charge in [0, 0.05) is 15.7 Å². The lowest BCUT2D eigenvalue weighted by atomic mass is 10.2. The zero-order valence-electron chi connectivity index (χ0n) is 13.6. The summed E-state index contributed by atoms with van der Waals surface area (Å²) in [5, 5.41) is 9.29. The van der Waals surface area contributed by atoms with Crippen LogP contribution in [0, 0.1) is 0 Å². The lowest BCUT2D eigenvalue weighted by Crippen LogP contribution is -2.08. The van der Waals surface area contributed by atoms with E-state index in [-0.39, 0.29) is 11.7 Å². The average molecular weight is 418 g/mol. The molecule has 25 heavy (non-hydrogen) atoms. The number of thioether (sulfide) groups is 1. The highest BCUT2D eigenvalue weighted by molar-refractivity contribution is 9.10. The first-order chi connectivity index (χ1) is 12.2. The van der Waals surface area contributed by atoms with Gasteiger partial charge in [-0.25, -0.2) is 0 Å². The maximum absolute atomic E-state index is 11.7. The minimum absolute atomic E-state index is 0.189. The van der Waals surface area contributed by atoms with Gasteiger partial charge in [-0.2, -0.15) is 0 Å². The summed E-state index contributed by atoms with van der Waals surface area (Å²) in [6, 6.07) is 17.7. The molecular formula is C18H16BrN3O2S. The fourth-order valence-electron chi connectivity index (χ4n) is 2.32. The van der Waals surface area contributed by atoms with Crippen molar-refractivity contribution in [2.24, 2.45) is 0 Å². The van der Waals surface area contributed by atoms with Crippen LogP contribution in [0.15, 0.2) is 64.2 Å². The number of hydrogen-bond donors (Lipinski definition) is 0. The van der Waals surface area contributed by atoms with Crippen molar-refractivity contribution in [1.82, 2.24) is 14.8 Å². The second-order valence-electron chi connectivity index (χ2n) is 5.05. The smallest absolute Gasteiger partial charge is 0.316 e. The molecular weight excluding hydrogens is 402 g/mol. The molecule has 0 saturated heterocycles. The van der Waals surface area contributed by atoms with Crippen LogP contribution in [0.2, 0.25) is 0 Å². The summed E-state index contributed by atoms with van der Waals surface area (Å²) >= 11 is 4.88. The number of hydrogen-bond acceptors (Lipinski definition) is 5. The average Bonchev–Trinajstić information content (AvgIpc) is 3.05. The van der Waals surface area contributed by atoms with Crippen LogP contribution in [0.4, 0.5) is 0 Å². The first-order valence-electron chi connectivity index (χ1n) is 7.75. The van der Waals surface area contributed by atoms with E-state index in [1.807, 2.05) is 59.2 Å². The van der Waals surface area contributed by atoms with Gasteiger partial charge in [0.15, 0.2) is 11.0 Å². The Bertz CT molecular complexity index is 868. The standard InChI is InChI=1S/C18H16BrN3O2S/c1-2-24-16(23)12-25-18-21-20-17(14-10-6-7-11-15(14)19)22(18)13-8-4-3-5-9-13/h3-11H,2,12H2,1H3. The molecule has 0 radical (unpaired) electrons. The molecule has 0 spiro atoms. The third kappa shape index (κ3) is 4.11. The summed E-state index contributed by atoms with van der Waals surface area (Å²) in [4.78, 5) is 11.7. The molecule has 0 unspecified atom stereocenters. The van der Waals surface area contributed by atoms with E-state index >= 15 is 0 Å². The van der Waals surface area contributed by atoms with Crippen molar-refractivity contribution < 1.29 is 9.53 Å². The molecule has 3 aromatic rings. The van der Waals surface area contributed by atoms with Crippen LogP contribution < -0.4 is 0 Å². The number of aromatic nitrogens is 3. The molecule has 0 bridgehead atoms. The fourth-order valence-corrected chi connectivity index (χ4v) is 3.53. The van der Waals surface area contributed by atoms with Crippen molar-refractivity contribution in [2.75, 3.05) is 12.4 Å². The van der Waals surface area contributed by atoms with Crippen LogP contribution >= 0.6 is 27.7 Å². The Balaban J connectivity index is 2.02. The number of halogens is 1. The maximum Gasteiger partial charge on any atom is 0.316 e. The molecule has 0 N–H and O–H groups in total. The zero-order valence-corrected chi connectivity index (χ0v) is 16.0. The van der Waals surface area contributed by atoms with Crippen LogP contribution in [0.3, 0.4) is 0 Å². The molecule has 1 heterocycles. The molecule has 1 aromatic heterocycles.